The van der Waals surface area contributed by atoms with E-state index in [-0.39, 0.29) is 24.1 Å². The van der Waals surface area contributed by atoms with Gasteiger partial charge in [-0.1, -0.05) is 18.2 Å². The van der Waals surface area contributed by atoms with Gasteiger partial charge in [-0.3, -0.25) is 9.59 Å². The van der Waals surface area contributed by atoms with E-state index >= 15 is 0 Å². The molecule has 0 saturated heterocycles. The van der Waals surface area contributed by atoms with Crippen LogP contribution < -0.4 is 10.6 Å². The lowest BCUT2D eigenvalue weighted by atomic mass is 10.2. The molecule has 2 aromatic rings. The molecule has 2 aromatic carbocycles. The molecular weight excluding hydrogens is 268 g/mol. The van der Waals surface area contributed by atoms with Gasteiger partial charge in [-0.15, -0.1) is 0 Å². The van der Waals surface area contributed by atoms with Crippen molar-refractivity contribution in [1.29, 1.82) is 0 Å². The van der Waals surface area contributed by atoms with Crippen molar-refractivity contribution in [1.82, 2.24) is 5.32 Å². The van der Waals surface area contributed by atoms with Crippen molar-refractivity contribution in [3.63, 3.8) is 0 Å². The van der Waals surface area contributed by atoms with E-state index in [1.807, 2.05) is 6.07 Å². The average molecular weight is 284 g/mol. The third kappa shape index (κ3) is 4.07. The van der Waals surface area contributed by atoms with E-state index in [9.17, 15) is 14.7 Å². The van der Waals surface area contributed by atoms with E-state index in [1.165, 1.54) is 6.07 Å². The number of amides is 2. The van der Waals surface area contributed by atoms with Crippen LogP contribution in [0.4, 0.5) is 5.69 Å². The molecule has 0 atom stereocenters. The maximum absolute atomic E-state index is 11.8. The normalized spacial score (nSPS) is 9.95. The largest absolute Gasteiger partial charge is 0.508 e. The van der Waals surface area contributed by atoms with E-state index in [4.69, 9.17) is 0 Å². The Morgan fingerprint density at radius 3 is 2.48 bits per heavy atom. The molecule has 5 nitrogen and oxygen atoms in total. The van der Waals surface area contributed by atoms with Crippen molar-refractivity contribution in [3.8, 4) is 5.75 Å². The van der Waals surface area contributed by atoms with Crippen molar-refractivity contribution < 1.29 is 14.7 Å². The predicted octanol–water partition coefficient (Wildman–Crippen LogP) is 2.07. The molecule has 0 unspecified atom stereocenters. The molecule has 0 aliphatic rings. The Bertz CT molecular complexity index is 654. The number of rotatable bonds is 4. The predicted molar refractivity (Wildman–Crippen MR) is 80.2 cm³/mol. The number of benzene rings is 2. The fraction of sp³-hybridized carbons (Fsp3) is 0.125. The Morgan fingerprint density at radius 2 is 1.81 bits per heavy atom. The fourth-order valence-electron chi connectivity index (χ4n) is 1.83. The van der Waals surface area contributed by atoms with E-state index in [0.717, 1.165) is 5.56 Å². The highest BCUT2D eigenvalue weighted by Crippen LogP contribution is 2.19. The van der Waals surface area contributed by atoms with Crippen LogP contribution >= 0.6 is 0 Å². The van der Waals surface area contributed by atoms with Gasteiger partial charge in [-0.2, -0.15) is 0 Å². The zero-order chi connectivity index (χ0) is 15.2. The third-order valence-corrected chi connectivity index (χ3v) is 2.93. The van der Waals surface area contributed by atoms with E-state index in [0.29, 0.717) is 11.3 Å². The van der Waals surface area contributed by atoms with Crippen LogP contribution in [0.25, 0.3) is 0 Å². The van der Waals surface area contributed by atoms with Gasteiger partial charge in [-0.25, -0.2) is 0 Å². The van der Waals surface area contributed by atoms with E-state index < -0.39 is 0 Å². The maximum atomic E-state index is 11.8. The van der Waals surface area contributed by atoms with Crippen LogP contribution in [0.1, 0.15) is 15.9 Å². The molecule has 0 saturated carbocycles. The Balaban J connectivity index is 1.89. The third-order valence-electron chi connectivity index (χ3n) is 2.93. The zero-order valence-electron chi connectivity index (χ0n) is 11.6. The van der Waals surface area contributed by atoms with Gasteiger partial charge in [0.1, 0.15) is 5.75 Å². The lowest BCUT2D eigenvalue weighted by molar-refractivity contribution is -0.115. The first-order valence-corrected chi connectivity index (χ1v) is 6.49. The van der Waals surface area contributed by atoms with E-state index in [2.05, 4.69) is 10.6 Å². The van der Waals surface area contributed by atoms with Crippen LogP contribution in [-0.2, 0) is 4.79 Å². The van der Waals surface area contributed by atoms with Gasteiger partial charge in [0.05, 0.1) is 6.54 Å². The van der Waals surface area contributed by atoms with Gasteiger partial charge >= 0.3 is 0 Å². The highest BCUT2D eigenvalue weighted by atomic mass is 16.3. The number of aryl methyl sites for hydroxylation is 1. The van der Waals surface area contributed by atoms with Crippen LogP contribution in [-0.4, -0.2) is 23.5 Å². The fourth-order valence-corrected chi connectivity index (χ4v) is 1.83. The molecule has 2 amide bonds. The van der Waals surface area contributed by atoms with Crippen LogP contribution in [0.15, 0.2) is 48.5 Å². The van der Waals surface area contributed by atoms with Crippen molar-refractivity contribution in [2.24, 2.45) is 0 Å². The molecule has 2 rings (SSSR count). The summed E-state index contributed by atoms with van der Waals surface area (Å²) in [7, 11) is 0. The summed E-state index contributed by atoms with van der Waals surface area (Å²) in [5.41, 5.74) is 1.86. The zero-order valence-corrected chi connectivity index (χ0v) is 11.6. The number of nitrogens with one attached hydrogen (secondary N) is 2. The summed E-state index contributed by atoms with van der Waals surface area (Å²) in [5, 5.41) is 14.5. The summed E-state index contributed by atoms with van der Waals surface area (Å²) < 4.78 is 0. The second-order valence-electron chi connectivity index (χ2n) is 4.60. The Labute approximate surface area is 122 Å². The highest BCUT2D eigenvalue weighted by molar-refractivity contribution is 5.99. The molecule has 21 heavy (non-hydrogen) atoms. The SMILES string of the molecule is Cc1cc(O)ccc1NC(=O)CNC(=O)c1ccccc1. The molecular formula is C16H16N2O3. The monoisotopic (exact) mass is 284 g/mol. The molecule has 0 aliphatic carbocycles. The molecule has 108 valence electrons. The molecule has 3 N–H and O–H groups in total. The standard InChI is InChI=1S/C16H16N2O3/c1-11-9-13(19)7-8-14(11)18-15(20)10-17-16(21)12-5-3-2-4-6-12/h2-9,19H,10H2,1H3,(H,17,21)(H,18,20). The topological polar surface area (TPSA) is 78.4 Å². The molecule has 0 heterocycles. The number of hydrogen-bond donors (Lipinski definition) is 3. The van der Waals surface area contributed by atoms with Gasteiger partial charge in [0.2, 0.25) is 5.91 Å². The first-order valence-electron chi connectivity index (χ1n) is 6.49. The Kier molecular flexibility index (Phi) is 4.56. The van der Waals surface area contributed by atoms with Crippen LogP contribution in [0.2, 0.25) is 0 Å². The quantitative estimate of drug-likeness (QED) is 0.752. The first-order chi connectivity index (χ1) is 10.1. The minimum Gasteiger partial charge on any atom is -0.508 e. The van der Waals surface area contributed by atoms with Crippen molar-refractivity contribution in [3.05, 3.63) is 59.7 Å². The molecule has 0 radical (unpaired) electrons. The van der Waals surface area contributed by atoms with Gasteiger partial charge in [0.15, 0.2) is 0 Å². The number of hydrogen-bond acceptors (Lipinski definition) is 3. The van der Waals surface area contributed by atoms with Crippen molar-refractivity contribution in [2.75, 3.05) is 11.9 Å². The van der Waals surface area contributed by atoms with Crippen molar-refractivity contribution >= 4 is 17.5 Å². The summed E-state index contributed by atoms with van der Waals surface area (Å²) in [6.07, 6.45) is 0. The second-order valence-corrected chi connectivity index (χ2v) is 4.60. The van der Waals surface area contributed by atoms with Gasteiger partial charge in [0, 0.05) is 11.3 Å². The summed E-state index contributed by atoms with van der Waals surface area (Å²) in [5.74, 6) is -0.482. The first kappa shape index (κ1) is 14.6. The summed E-state index contributed by atoms with van der Waals surface area (Å²) >= 11 is 0. The number of phenols is 1. The van der Waals surface area contributed by atoms with Crippen LogP contribution in [0, 0.1) is 6.92 Å². The number of anilines is 1. The van der Waals surface area contributed by atoms with Crippen LogP contribution in [0.3, 0.4) is 0 Å². The van der Waals surface area contributed by atoms with Crippen LogP contribution in [0.5, 0.6) is 5.75 Å². The van der Waals surface area contributed by atoms with Gasteiger partial charge in [-0.05, 0) is 42.8 Å². The Morgan fingerprint density at radius 1 is 1.10 bits per heavy atom. The minimum absolute atomic E-state index is 0.117. The number of carbonyl (C=O) groups excluding carboxylic acids is 2. The lowest BCUT2D eigenvalue weighted by Crippen LogP contribution is -2.32. The summed E-state index contributed by atoms with van der Waals surface area (Å²) in [6, 6.07) is 13.3. The van der Waals surface area contributed by atoms with E-state index in [1.54, 1.807) is 43.3 Å². The molecule has 5 heteroatoms. The lowest BCUT2D eigenvalue weighted by Gasteiger charge is -2.09. The number of phenolic OH excluding ortho intramolecular Hbond substituents is 1. The van der Waals surface area contributed by atoms with Crippen molar-refractivity contribution in [2.45, 2.75) is 6.92 Å². The van der Waals surface area contributed by atoms with Gasteiger partial charge < -0.3 is 15.7 Å². The summed E-state index contributed by atoms with van der Waals surface area (Å²) in [6.45, 7) is 1.66. The average Bonchev–Trinajstić information content (AvgIpc) is 2.48. The Hall–Kier alpha value is -2.82. The number of carbonyl (C=O) groups is 2. The maximum Gasteiger partial charge on any atom is 0.251 e. The smallest absolute Gasteiger partial charge is 0.251 e. The summed E-state index contributed by atoms with van der Waals surface area (Å²) in [4.78, 5) is 23.6. The van der Waals surface area contributed by atoms with Gasteiger partial charge in [0.25, 0.3) is 5.91 Å². The molecule has 0 aromatic heterocycles. The molecule has 0 fully saturated rings. The minimum atomic E-state index is -0.326. The molecule has 0 spiro atoms. The number of aromatic hydroxyl groups is 1. The second kappa shape index (κ2) is 6.56. The highest BCUT2D eigenvalue weighted by Gasteiger charge is 2.08. The molecule has 0 aliphatic heterocycles. The molecule has 0 bridgehead atoms.